The molecule has 0 saturated heterocycles. The summed E-state index contributed by atoms with van der Waals surface area (Å²) >= 11 is 4.14. The molecule has 1 aromatic heterocycles. The molecule has 1 aromatic rings. The van der Waals surface area contributed by atoms with E-state index in [0.717, 1.165) is 0 Å². The number of hydrogen-bond donors (Lipinski definition) is 1. The van der Waals surface area contributed by atoms with Gasteiger partial charge in [0.05, 0.1) is 0 Å². The number of hydrogen-bond acceptors (Lipinski definition) is 2. The summed E-state index contributed by atoms with van der Waals surface area (Å²) < 4.78 is 0. The Morgan fingerprint density at radius 1 is 1.56 bits per heavy atom. The zero-order valence-electron chi connectivity index (χ0n) is 5.21. The SMILES string of the molecule is Cc1cccnc1.NCl. The van der Waals surface area contributed by atoms with Crippen molar-refractivity contribution >= 4 is 11.8 Å². The van der Waals surface area contributed by atoms with Crippen molar-refractivity contribution < 1.29 is 0 Å². The van der Waals surface area contributed by atoms with E-state index in [1.165, 1.54) is 5.56 Å². The smallest absolute Gasteiger partial charge is 0.0297 e. The lowest BCUT2D eigenvalue weighted by Gasteiger charge is -1.82. The van der Waals surface area contributed by atoms with Gasteiger partial charge in [0.2, 0.25) is 0 Å². The van der Waals surface area contributed by atoms with Gasteiger partial charge in [-0.15, -0.1) is 0 Å². The molecule has 0 radical (unpaired) electrons. The van der Waals surface area contributed by atoms with Crippen LogP contribution in [-0.4, -0.2) is 4.98 Å². The van der Waals surface area contributed by atoms with E-state index >= 15 is 0 Å². The van der Waals surface area contributed by atoms with Crippen LogP contribution in [0, 0.1) is 6.92 Å². The van der Waals surface area contributed by atoms with Gasteiger partial charge in [-0.3, -0.25) is 4.98 Å². The summed E-state index contributed by atoms with van der Waals surface area (Å²) in [6.07, 6.45) is 3.60. The molecule has 9 heavy (non-hydrogen) atoms. The van der Waals surface area contributed by atoms with Crippen LogP contribution in [0.4, 0.5) is 0 Å². The summed E-state index contributed by atoms with van der Waals surface area (Å²) in [6.45, 7) is 2.02. The van der Waals surface area contributed by atoms with E-state index in [1.807, 2.05) is 25.3 Å². The van der Waals surface area contributed by atoms with Gasteiger partial charge in [-0.05, 0) is 30.3 Å². The second-order valence-corrected chi connectivity index (χ2v) is 1.53. The van der Waals surface area contributed by atoms with Gasteiger partial charge < -0.3 is 0 Å². The molecule has 1 rings (SSSR count). The maximum Gasteiger partial charge on any atom is 0.0297 e. The average molecular weight is 145 g/mol. The Hall–Kier alpha value is -0.600. The number of halogens is 1. The minimum atomic E-state index is 1.21. The van der Waals surface area contributed by atoms with Crippen molar-refractivity contribution in [1.82, 2.24) is 4.98 Å². The van der Waals surface area contributed by atoms with Gasteiger partial charge >= 0.3 is 0 Å². The van der Waals surface area contributed by atoms with Crippen LogP contribution in [0.15, 0.2) is 24.5 Å². The number of pyridine rings is 1. The van der Waals surface area contributed by atoms with E-state index in [0.29, 0.717) is 0 Å². The first-order chi connectivity index (χ1) is 4.39. The van der Waals surface area contributed by atoms with Gasteiger partial charge in [0.15, 0.2) is 0 Å². The topological polar surface area (TPSA) is 38.9 Å². The van der Waals surface area contributed by atoms with Crippen LogP contribution in [0.25, 0.3) is 0 Å². The fourth-order valence-electron chi connectivity index (χ4n) is 0.448. The predicted octanol–water partition coefficient (Wildman–Crippen LogP) is 1.49. The third-order valence-corrected chi connectivity index (χ3v) is 0.809. The molecule has 0 spiro atoms. The van der Waals surface area contributed by atoms with Crippen molar-refractivity contribution in [1.29, 1.82) is 0 Å². The van der Waals surface area contributed by atoms with Crippen LogP contribution in [0.3, 0.4) is 0 Å². The first-order valence-electron chi connectivity index (χ1n) is 2.48. The average Bonchev–Trinajstić information content (AvgIpc) is 1.94. The Bertz CT molecular complexity index is 141. The normalized spacial score (nSPS) is 7.44. The van der Waals surface area contributed by atoms with Crippen molar-refractivity contribution in [3.8, 4) is 0 Å². The Morgan fingerprint density at radius 3 is 2.44 bits per heavy atom. The minimum Gasteiger partial charge on any atom is -0.264 e. The van der Waals surface area contributed by atoms with Gasteiger partial charge in [-0.2, -0.15) is 0 Å². The maximum atomic E-state index is 4.14. The molecule has 0 unspecified atom stereocenters. The molecule has 0 fully saturated rings. The molecule has 0 aromatic carbocycles. The van der Waals surface area contributed by atoms with Crippen molar-refractivity contribution in [2.75, 3.05) is 0 Å². The summed E-state index contributed by atoms with van der Waals surface area (Å²) in [6, 6.07) is 3.95. The first-order valence-corrected chi connectivity index (χ1v) is 2.92. The molecule has 0 aliphatic carbocycles. The van der Waals surface area contributed by atoms with E-state index in [1.54, 1.807) is 6.20 Å². The van der Waals surface area contributed by atoms with Crippen LogP contribution in [0.2, 0.25) is 0 Å². The van der Waals surface area contributed by atoms with Gasteiger partial charge in [0.1, 0.15) is 0 Å². The fourth-order valence-corrected chi connectivity index (χ4v) is 0.448. The predicted molar refractivity (Wildman–Crippen MR) is 39.0 cm³/mol. The highest BCUT2D eigenvalue weighted by Crippen LogP contribution is 1.88. The number of nitrogens with zero attached hydrogens (tertiary/aromatic N) is 1. The third kappa shape index (κ3) is 3.94. The lowest BCUT2D eigenvalue weighted by atomic mass is 10.3. The zero-order chi connectivity index (χ0) is 7.11. The quantitative estimate of drug-likeness (QED) is 0.561. The van der Waals surface area contributed by atoms with E-state index in [2.05, 4.69) is 22.0 Å². The van der Waals surface area contributed by atoms with Gasteiger partial charge in [0.25, 0.3) is 0 Å². The molecule has 50 valence electrons. The monoisotopic (exact) mass is 144 g/mol. The van der Waals surface area contributed by atoms with Crippen LogP contribution in [0.1, 0.15) is 5.56 Å². The van der Waals surface area contributed by atoms with E-state index < -0.39 is 0 Å². The minimum absolute atomic E-state index is 1.21. The number of aromatic nitrogens is 1. The lowest BCUT2D eigenvalue weighted by molar-refractivity contribution is 1.27. The molecule has 0 atom stereocenters. The van der Waals surface area contributed by atoms with E-state index in [9.17, 15) is 0 Å². The molecule has 0 aliphatic rings. The molecule has 2 N–H and O–H groups in total. The van der Waals surface area contributed by atoms with Crippen molar-refractivity contribution in [3.05, 3.63) is 30.1 Å². The summed E-state index contributed by atoms with van der Waals surface area (Å²) in [4.78, 5) is 3.88. The molecule has 1 heterocycles. The largest absolute Gasteiger partial charge is 0.264 e. The fraction of sp³-hybridized carbons (Fsp3) is 0.167. The molecule has 3 heteroatoms. The van der Waals surface area contributed by atoms with Crippen molar-refractivity contribution in [2.45, 2.75) is 6.92 Å². The van der Waals surface area contributed by atoms with Crippen LogP contribution in [-0.2, 0) is 0 Å². The van der Waals surface area contributed by atoms with Gasteiger partial charge in [-0.1, -0.05) is 6.07 Å². The highest BCUT2D eigenvalue weighted by Gasteiger charge is 1.73. The summed E-state index contributed by atoms with van der Waals surface area (Å²) in [5.74, 6) is 0. The third-order valence-electron chi connectivity index (χ3n) is 0.809. The molecule has 0 saturated carbocycles. The van der Waals surface area contributed by atoms with Gasteiger partial charge in [-0.25, -0.2) is 5.25 Å². The number of rotatable bonds is 0. The highest BCUT2D eigenvalue weighted by molar-refractivity contribution is 6.11. The molecular weight excluding hydrogens is 136 g/mol. The van der Waals surface area contributed by atoms with Crippen LogP contribution in [0.5, 0.6) is 0 Å². The van der Waals surface area contributed by atoms with Crippen molar-refractivity contribution in [2.24, 2.45) is 5.25 Å². The summed E-state index contributed by atoms with van der Waals surface area (Å²) in [5.41, 5.74) is 1.21. The Balaban J connectivity index is 0.000000291. The van der Waals surface area contributed by atoms with Crippen LogP contribution < -0.4 is 5.25 Å². The Labute approximate surface area is 59.8 Å². The standard InChI is InChI=1S/C6H7N.ClH2N/c1-6-3-2-4-7-5-6;1-2/h2-5H,1H3;2H2. The van der Waals surface area contributed by atoms with Crippen molar-refractivity contribution in [3.63, 3.8) is 0 Å². The molecule has 2 nitrogen and oxygen atoms in total. The summed E-state index contributed by atoms with van der Waals surface area (Å²) in [5, 5.41) is 3.97. The molecule has 0 amide bonds. The second kappa shape index (κ2) is 5.54. The lowest BCUT2D eigenvalue weighted by Crippen LogP contribution is -1.69. The molecule has 0 aliphatic heterocycles. The summed E-state index contributed by atoms with van der Waals surface area (Å²) in [7, 11) is 0. The van der Waals surface area contributed by atoms with Crippen LogP contribution >= 0.6 is 11.8 Å². The molecular formula is C6H9ClN2. The number of aryl methyl sites for hydroxylation is 1. The molecule has 0 bridgehead atoms. The second-order valence-electron chi connectivity index (χ2n) is 1.53. The van der Waals surface area contributed by atoms with E-state index in [4.69, 9.17) is 0 Å². The van der Waals surface area contributed by atoms with E-state index in [-0.39, 0.29) is 0 Å². The number of nitrogens with two attached hydrogens (primary N) is 1. The Kier molecular flexibility index (Phi) is 5.17. The van der Waals surface area contributed by atoms with Gasteiger partial charge in [0, 0.05) is 12.4 Å². The highest BCUT2D eigenvalue weighted by atomic mass is 35.5. The maximum absolute atomic E-state index is 4.14. The zero-order valence-corrected chi connectivity index (χ0v) is 5.97. The Morgan fingerprint density at radius 2 is 2.22 bits per heavy atom. The first kappa shape index (κ1) is 8.40.